The van der Waals surface area contributed by atoms with Gasteiger partial charge < -0.3 is 4.74 Å². The summed E-state index contributed by atoms with van der Waals surface area (Å²) in [6, 6.07) is 8.66. The molecule has 0 unspecified atom stereocenters. The smallest absolute Gasteiger partial charge is 0.151 e. The van der Waals surface area contributed by atoms with Gasteiger partial charge in [-0.2, -0.15) is 0 Å². The lowest BCUT2D eigenvalue weighted by Crippen LogP contribution is -1.89. The van der Waals surface area contributed by atoms with Crippen molar-refractivity contribution in [1.82, 2.24) is 0 Å². The molecular weight excluding hydrogens is 283 g/mol. The highest BCUT2D eigenvalue weighted by molar-refractivity contribution is 6.33. The molecule has 0 spiro atoms. The molecule has 19 heavy (non-hydrogen) atoms. The fraction of sp³-hybridized carbons (Fsp3) is 0.133. The molecule has 98 valence electrons. The van der Waals surface area contributed by atoms with E-state index in [9.17, 15) is 4.79 Å². The quantitative estimate of drug-likeness (QED) is 0.726. The standard InChI is InChI=1S/C15H12Cl2O2/c1-9-5-13(6-10(2)15(9)17)19-12-4-3-11(8-18)14(16)7-12/h3-8H,1-2H3. The predicted octanol–water partition coefficient (Wildman–Crippen LogP) is 5.22. The number of halogens is 2. The van der Waals surface area contributed by atoms with Crippen molar-refractivity contribution in [3.05, 3.63) is 57.1 Å². The highest BCUT2D eigenvalue weighted by atomic mass is 35.5. The van der Waals surface area contributed by atoms with Gasteiger partial charge in [-0.1, -0.05) is 23.2 Å². The first-order chi connectivity index (χ1) is 9.01. The van der Waals surface area contributed by atoms with Crippen molar-refractivity contribution >= 4 is 29.5 Å². The van der Waals surface area contributed by atoms with Crippen molar-refractivity contribution in [3.8, 4) is 11.5 Å². The summed E-state index contributed by atoms with van der Waals surface area (Å²) in [5, 5.41) is 1.11. The maximum absolute atomic E-state index is 10.7. The third-order valence-corrected chi connectivity index (χ3v) is 3.67. The zero-order valence-corrected chi connectivity index (χ0v) is 12.0. The summed E-state index contributed by atoms with van der Waals surface area (Å²) in [4.78, 5) is 10.7. The molecule has 0 fully saturated rings. The second-order valence-electron chi connectivity index (χ2n) is 4.27. The zero-order valence-electron chi connectivity index (χ0n) is 10.5. The fourth-order valence-electron chi connectivity index (χ4n) is 1.77. The minimum absolute atomic E-state index is 0.370. The molecule has 2 aromatic rings. The van der Waals surface area contributed by atoms with Gasteiger partial charge in [0.05, 0.1) is 5.02 Å². The van der Waals surface area contributed by atoms with Gasteiger partial charge in [-0.05, 0) is 49.2 Å². The van der Waals surface area contributed by atoms with Crippen LogP contribution in [0.1, 0.15) is 21.5 Å². The van der Waals surface area contributed by atoms with E-state index >= 15 is 0 Å². The Kier molecular flexibility index (Phi) is 4.13. The molecule has 0 saturated carbocycles. The lowest BCUT2D eigenvalue weighted by atomic mass is 10.1. The molecule has 0 aromatic heterocycles. The SMILES string of the molecule is Cc1cc(Oc2ccc(C=O)c(Cl)c2)cc(C)c1Cl. The van der Waals surface area contributed by atoms with E-state index in [0.29, 0.717) is 28.4 Å². The van der Waals surface area contributed by atoms with Gasteiger partial charge in [0.1, 0.15) is 11.5 Å². The van der Waals surface area contributed by atoms with Crippen LogP contribution in [0.15, 0.2) is 30.3 Å². The maximum Gasteiger partial charge on any atom is 0.151 e. The summed E-state index contributed by atoms with van der Waals surface area (Å²) in [6.07, 6.45) is 0.711. The number of rotatable bonds is 3. The molecule has 2 aromatic carbocycles. The summed E-state index contributed by atoms with van der Waals surface area (Å²) in [5.41, 5.74) is 2.34. The molecule has 4 heteroatoms. The monoisotopic (exact) mass is 294 g/mol. The molecule has 0 radical (unpaired) electrons. The first kappa shape index (κ1) is 13.9. The van der Waals surface area contributed by atoms with Crippen LogP contribution in [0.3, 0.4) is 0 Å². The third kappa shape index (κ3) is 3.09. The number of hydrogen-bond acceptors (Lipinski definition) is 2. The van der Waals surface area contributed by atoms with E-state index in [1.807, 2.05) is 26.0 Å². The molecule has 0 aliphatic carbocycles. The van der Waals surface area contributed by atoms with E-state index < -0.39 is 0 Å². The average molecular weight is 295 g/mol. The highest BCUT2D eigenvalue weighted by Gasteiger charge is 2.06. The molecule has 0 amide bonds. The molecule has 0 heterocycles. The molecule has 0 bridgehead atoms. The summed E-state index contributed by atoms with van der Waals surface area (Å²) in [6.45, 7) is 3.84. The topological polar surface area (TPSA) is 26.3 Å². The second-order valence-corrected chi connectivity index (χ2v) is 5.06. The van der Waals surface area contributed by atoms with E-state index in [1.54, 1.807) is 18.2 Å². The number of benzene rings is 2. The molecular formula is C15H12Cl2O2. The van der Waals surface area contributed by atoms with Gasteiger partial charge >= 0.3 is 0 Å². The van der Waals surface area contributed by atoms with E-state index in [1.165, 1.54) is 0 Å². The van der Waals surface area contributed by atoms with E-state index in [-0.39, 0.29) is 0 Å². The van der Waals surface area contributed by atoms with Crippen LogP contribution in [-0.4, -0.2) is 6.29 Å². The molecule has 0 aliphatic heterocycles. The summed E-state index contributed by atoms with van der Waals surface area (Å²) in [5.74, 6) is 1.27. The molecule has 2 rings (SSSR count). The van der Waals surface area contributed by atoms with Crippen LogP contribution < -0.4 is 4.74 Å². The van der Waals surface area contributed by atoms with Crippen LogP contribution in [0, 0.1) is 13.8 Å². The Morgan fingerprint density at radius 3 is 2.16 bits per heavy atom. The van der Waals surface area contributed by atoms with Crippen molar-refractivity contribution < 1.29 is 9.53 Å². The lowest BCUT2D eigenvalue weighted by Gasteiger charge is -2.10. The maximum atomic E-state index is 10.7. The predicted molar refractivity (Wildman–Crippen MR) is 77.8 cm³/mol. The first-order valence-electron chi connectivity index (χ1n) is 5.70. The van der Waals surface area contributed by atoms with Crippen LogP contribution >= 0.6 is 23.2 Å². The zero-order chi connectivity index (χ0) is 14.0. The second kappa shape index (κ2) is 5.64. The highest BCUT2D eigenvalue weighted by Crippen LogP contribution is 2.30. The Bertz CT molecular complexity index is 613. The van der Waals surface area contributed by atoms with Crippen LogP contribution in [0.5, 0.6) is 11.5 Å². The summed E-state index contributed by atoms with van der Waals surface area (Å²) in [7, 11) is 0. The number of carbonyl (C=O) groups excluding carboxylic acids is 1. The number of carbonyl (C=O) groups is 1. The molecule has 2 nitrogen and oxygen atoms in total. The molecule has 0 saturated heterocycles. The number of ether oxygens (including phenoxy) is 1. The van der Waals surface area contributed by atoms with Crippen LogP contribution in [-0.2, 0) is 0 Å². The van der Waals surface area contributed by atoms with Crippen molar-refractivity contribution in [1.29, 1.82) is 0 Å². The van der Waals surface area contributed by atoms with Gasteiger partial charge in [0.25, 0.3) is 0 Å². The van der Waals surface area contributed by atoms with Gasteiger partial charge in [0, 0.05) is 16.7 Å². The van der Waals surface area contributed by atoms with E-state index in [4.69, 9.17) is 27.9 Å². The number of aldehydes is 1. The third-order valence-electron chi connectivity index (χ3n) is 2.74. The first-order valence-corrected chi connectivity index (χ1v) is 6.46. The van der Waals surface area contributed by atoms with Crippen LogP contribution in [0.4, 0.5) is 0 Å². The Labute approximate surface area is 121 Å². The average Bonchev–Trinajstić information content (AvgIpc) is 2.36. The van der Waals surface area contributed by atoms with Gasteiger partial charge in [-0.3, -0.25) is 4.79 Å². The molecule has 0 aliphatic rings. The van der Waals surface area contributed by atoms with Crippen molar-refractivity contribution in [2.24, 2.45) is 0 Å². The van der Waals surface area contributed by atoms with E-state index in [2.05, 4.69) is 0 Å². The minimum atomic E-state index is 0.370. The van der Waals surface area contributed by atoms with Crippen LogP contribution in [0.25, 0.3) is 0 Å². The van der Waals surface area contributed by atoms with Gasteiger partial charge in [-0.25, -0.2) is 0 Å². The van der Waals surface area contributed by atoms with Crippen molar-refractivity contribution in [2.75, 3.05) is 0 Å². The lowest BCUT2D eigenvalue weighted by molar-refractivity contribution is 0.112. The minimum Gasteiger partial charge on any atom is -0.457 e. The Hall–Kier alpha value is -1.51. The van der Waals surface area contributed by atoms with Crippen molar-refractivity contribution in [3.63, 3.8) is 0 Å². The summed E-state index contributed by atoms with van der Waals surface area (Å²) >= 11 is 12.1. The van der Waals surface area contributed by atoms with Gasteiger partial charge in [0.2, 0.25) is 0 Å². The molecule has 0 N–H and O–H groups in total. The Morgan fingerprint density at radius 1 is 1.00 bits per heavy atom. The summed E-state index contributed by atoms with van der Waals surface area (Å²) < 4.78 is 5.72. The Morgan fingerprint density at radius 2 is 1.63 bits per heavy atom. The van der Waals surface area contributed by atoms with Crippen molar-refractivity contribution in [2.45, 2.75) is 13.8 Å². The van der Waals surface area contributed by atoms with Crippen LogP contribution in [0.2, 0.25) is 10.0 Å². The Balaban J connectivity index is 2.31. The van der Waals surface area contributed by atoms with E-state index in [0.717, 1.165) is 16.1 Å². The number of hydrogen-bond donors (Lipinski definition) is 0. The fourth-order valence-corrected chi connectivity index (χ4v) is 2.09. The largest absolute Gasteiger partial charge is 0.457 e. The number of aryl methyl sites for hydroxylation is 2. The van der Waals surface area contributed by atoms with Gasteiger partial charge in [-0.15, -0.1) is 0 Å². The molecule has 0 atom stereocenters. The van der Waals surface area contributed by atoms with Gasteiger partial charge in [0.15, 0.2) is 6.29 Å². The normalized spacial score (nSPS) is 10.3.